The number of methoxy groups -OCH3 is 1. The third kappa shape index (κ3) is 5.25. The van der Waals surface area contributed by atoms with Crippen molar-refractivity contribution >= 4 is 11.9 Å². The quantitative estimate of drug-likeness (QED) is 0.573. The molecule has 1 heterocycles. The minimum Gasteiger partial charge on any atom is -0.496 e. The maximum absolute atomic E-state index is 11.7. The van der Waals surface area contributed by atoms with Crippen molar-refractivity contribution in [1.29, 1.82) is 0 Å². The number of carbonyl (C=O) groups is 1. The van der Waals surface area contributed by atoms with E-state index in [1.807, 2.05) is 29.2 Å². The minimum atomic E-state index is 0.260. The molecule has 28 heavy (non-hydrogen) atoms. The summed E-state index contributed by atoms with van der Waals surface area (Å²) in [6.45, 7) is 2.88. The molecule has 6 nitrogen and oxygen atoms in total. The van der Waals surface area contributed by atoms with Crippen LogP contribution in [0.15, 0.2) is 53.5 Å². The molecule has 0 saturated carbocycles. The standard InChI is InChI=1S/C22H28N4O2/c1-23-22(25-15-19-6-3-4-7-20(19)28-2)24-14-17-9-11-18(12-10-17)16-26-13-5-8-21(26)27/h3-4,6-7,9-12H,5,8,13-16H2,1-2H3,(H2,23,24,25). The number of rotatable bonds is 7. The number of guanidine groups is 1. The van der Waals surface area contributed by atoms with Gasteiger partial charge in [-0.15, -0.1) is 0 Å². The van der Waals surface area contributed by atoms with E-state index < -0.39 is 0 Å². The van der Waals surface area contributed by atoms with Gasteiger partial charge < -0.3 is 20.3 Å². The second-order valence-corrected chi connectivity index (χ2v) is 6.83. The predicted molar refractivity (Wildman–Crippen MR) is 111 cm³/mol. The van der Waals surface area contributed by atoms with Crippen LogP contribution in [0.25, 0.3) is 0 Å². The molecule has 3 rings (SSSR count). The van der Waals surface area contributed by atoms with Crippen molar-refractivity contribution in [3.05, 3.63) is 65.2 Å². The number of likely N-dealkylation sites (tertiary alicyclic amines) is 1. The molecule has 0 unspecified atom stereocenters. The van der Waals surface area contributed by atoms with Gasteiger partial charge in [-0.2, -0.15) is 0 Å². The second-order valence-electron chi connectivity index (χ2n) is 6.83. The summed E-state index contributed by atoms with van der Waals surface area (Å²) in [4.78, 5) is 18.0. The molecular formula is C22H28N4O2. The Hall–Kier alpha value is -3.02. The first kappa shape index (κ1) is 19.7. The molecule has 0 radical (unpaired) electrons. The van der Waals surface area contributed by atoms with Crippen molar-refractivity contribution in [2.24, 2.45) is 4.99 Å². The van der Waals surface area contributed by atoms with Crippen LogP contribution in [-0.2, 0) is 24.4 Å². The molecule has 2 aromatic carbocycles. The number of para-hydroxylation sites is 1. The van der Waals surface area contributed by atoms with Crippen LogP contribution in [-0.4, -0.2) is 37.5 Å². The third-order valence-electron chi connectivity index (χ3n) is 4.89. The number of hydrogen-bond donors (Lipinski definition) is 2. The van der Waals surface area contributed by atoms with Gasteiger partial charge in [0, 0.05) is 45.2 Å². The van der Waals surface area contributed by atoms with Crippen molar-refractivity contribution in [2.75, 3.05) is 20.7 Å². The Labute approximate surface area is 166 Å². The normalized spacial score (nSPS) is 14.3. The fraction of sp³-hybridized carbons (Fsp3) is 0.364. The van der Waals surface area contributed by atoms with Crippen molar-refractivity contribution in [3.8, 4) is 5.75 Å². The third-order valence-corrected chi connectivity index (χ3v) is 4.89. The number of carbonyl (C=O) groups excluding carboxylic acids is 1. The molecule has 1 saturated heterocycles. The van der Waals surface area contributed by atoms with E-state index in [4.69, 9.17) is 4.74 Å². The van der Waals surface area contributed by atoms with E-state index in [0.29, 0.717) is 26.1 Å². The van der Waals surface area contributed by atoms with E-state index in [1.54, 1.807) is 14.2 Å². The van der Waals surface area contributed by atoms with Crippen LogP contribution in [0.1, 0.15) is 29.5 Å². The van der Waals surface area contributed by atoms with Crippen LogP contribution in [0, 0.1) is 0 Å². The summed E-state index contributed by atoms with van der Waals surface area (Å²) in [6.07, 6.45) is 1.66. The molecular weight excluding hydrogens is 352 g/mol. The lowest BCUT2D eigenvalue weighted by molar-refractivity contribution is -0.128. The fourth-order valence-electron chi connectivity index (χ4n) is 3.29. The van der Waals surface area contributed by atoms with Crippen LogP contribution in [0.2, 0.25) is 0 Å². The van der Waals surface area contributed by atoms with Crippen LogP contribution >= 0.6 is 0 Å². The summed E-state index contributed by atoms with van der Waals surface area (Å²) < 4.78 is 5.38. The largest absolute Gasteiger partial charge is 0.496 e. The van der Waals surface area contributed by atoms with Gasteiger partial charge >= 0.3 is 0 Å². The Morgan fingerprint density at radius 2 is 1.79 bits per heavy atom. The van der Waals surface area contributed by atoms with Gasteiger partial charge in [-0.1, -0.05) is 42.5 Å². The Bertz CT molecular complexity index is 818. The molecule has 1 aliphatic rings. The van der Waals surface area contributed by atoms with Gasteiger partial charge in [0.2, 0.25) is 5.91 Å². The van der Waals surface area contributed by atoms with E-state index in [0.717, 1.165) is 41.4 Å². The number of hydrogen-bond acceptors (Lipinski definition) is 3. The summed E-state index contributed by atoms with van der Waals surface area (Å²) in [5.74, 6) is 1.85. The summed E-state index contributed by atoms with van der Waals surface area (Å²) >= 11 is 0. The SMILES string of the molecule is CN=C(NCc1ccc(CN2CCCC2=O)cc1)NCc1ccccc1OC. The molecule has 2 N–H and O–H groups in total. The summed E-state index contributed by atoms with van der Waals surface area (Å²) in [5, 5.41) is 6.64. The summed E-state index contributed by atoms with van der Waals surface area (Å²) in [7, 11) is 3.43. The highest BCUT2D eigenvalue weighted by molar-refractivity contribution is 5.79. The average Bonchev–Trinajstić information content (AvgIpc) is 3.14. The molecule has 1 fully saturated rings. The van der Waals surface area contributed by atoms with E-state index >= 15 is 0 Å². The maximum atomic E-state index is 11.7. The first-order chi connectivity index (χ1) is 13.7. The number of ether oxygens (including phenoxy) is 1. The van der Waals surface area contributed by atoms with Gasteiger partial charge in [0.15, 0.2) is 5.96 Å². The molecule has 0 atom stereocenters. The number of benzene rings is 2. The molecule has 148 valence electrons. The first-order valence-electron chi connectivity index (χ1n) is 9.61. The molecule has 1 amide bonds. The van der Waals surface area contributed by atoms with Gasteiger partial charge in [0.1, 0.15) is 5.75 Å². The van der Waals surface area contributed by atoms with Crippen LogP contribution in [0.4, 0.5) is 0 Å². The zero-order valence-electron chi connectivity index (χ0n) is 16.6. The van der Waals surface area contributed by atoms with Gasteiger partial charge in [-0.3, -0.25) is 9.79 Å². The Morgan fingerprint density at radius 3 is 2.46 bits per heavy atom. The minimum absolute atomic E-state index is 0.260. The Morgan fingerprint density at radius 1 is 1.07 bits per heavy atom. The lowest BCUT2D eigenvalue weighted by Gasteiger charge is -2.16. The molecule has 0 aromatic heterocycles. The number of nitrogens with one attached hydrogen (secondary N) is 2. The van der Waals surface area contributed by atoms with Crippen LogP contribution in [0.5, 0.6) is 5.75 Å². The zero-order valence-corrected chi connectivity index (χ0v) is 16.6. The van der Waals surface area contributed by atoms with E-state index in [2.05, 4.69) is 39.9 Å². The van der Waals surface area contributed by atoms with Crippen molar-refractivity contribution < 1.29 is 9.53 Å². The topological polar surface area (TPSA) is 66.0 Å². The van der Waals surface area contributed by atoms with Crippen LogP contribution < -0.4 is 15.4 Å². The number of aliphatic imine (C=N–C) groups is 1. The molecule has 0 spiro atoms. The highest BCUT2D eigenvalue weighted by Crippen LogP contribution is 2.17. The first-order valence-corrected chi connectivity index (χ1v) is 9.61. The zero-order chi connectivity index (χ0) is 19.8. The molecule has 0 aliphatic carbocycles. The second kappa shape index (κ2) is 9.78. The number of nitrogens with zero attached hydrogens (tertiary/aromatic N) is 2. The van der Waals surface area contributed by atoms with Crippen molar-refractivity contribution in [1.82, 2.24) is 15.5 Å². The number of amides is 1. The van der Waals surface area contributed by atoms with Gasteiger partial charge in [0.25, 0.3) is 0 Å². The fourth-order valence-corrected chi connectivity index (χ4v) is 3.29. The van der Waals surface area contributed by atoms with E-state index in [-0.39, 0.29) is 5.91 Å². The van der Waals surface area contributed by atoms with E-state index in [9.17, 15) is 4.79 Å². The van der Waals surface area contributed by atoms with Crippen LogP contribution in [0.3, 0.4) is 0 Å². The predicted octanol–water partition coefficient (Wildman–Crippen LogP) is 2.68. The van der Waals surface area contributed by atoms with Crippen molar-refractivity contribution in [2.45, 2.75) is 32.5 Å². The highest BCUT2D eigenvalue weighted by Gasteiger charge is 2.19. The van der Waals surface area contributed by atoms with Gasteiger partial charge in [0.05, 0.1) is 7.11 Å². The van der Waals surface area contributed by atoms with Gasteiger partial charge in [-0.05, 0) is 23.6 Å². The molecule has 6 heteroatoms. The maximum Gasteiger partial charge on any atom is 0.222 e. The molecule has 1 aliphatic heterocycles. The van der Waals surface area contributed by atoms with Gasteiger partial charge in [-0.25, -0.2) is 0 Å². The summed E-state index contributed by atoms with van der Waals surface area (Å²) in [5.41, 5.74) is 3.41. The summed E-state index contributed by atoms with van der Waals surface area (Å²) in [6, 6.07) is 16.3. The average molecular weight is 380 g/mol. The highest BCUT2D eigenvalue weighted by atomic mass is 16.5. The lowest BCUT2D eigenvalue weighted by Crippen LogP contribution is -2.36. The Balaban J connectivity index is 1.48. The lowest BCUT2D eigenvalue weighted by atomic mass is 10.1. The van der Waals surface area contributed by atoms with Crippen molar-refractivity contribution in [3.63, 3.8) is 0 Å². The van der Waals surface area contributed by atoms with E-state index in [1.165, 1.54) is 0 Å². The molecule has 2 aromatic rings. The Kier molecular flexibility index (Phi) is 6.89. The monoisotopic (exact) mass is 380 g/mol. The molecule has 0 bridgehead atoms. The smallest absolute Gasteiger partial charge is 0.222 e.